The summed E-state index contributed by atoms with van der Waals surface area (Å²) in [4.78, 5) is 22.6. The predicted octanol–water partition coefficient (Wildman–Crippen LogP) is 3.27. The van der Waals surface area contributed by atoms with E-state index >= 15 is 0 Å². The second-order valence-corrected chi connectivity index (χ2v) is 5.30. The maximum Gasteiger partial charge on any atom is 0.433 e. The zero-order valence-corrected chi connectivity index (χ0v) is 12.3. The highest BCUT2D eigenvalue weighted by molar-refractivity contribution is 7.99. The van der Waals surface area contributed by atoms with Gasteiger partial charge in [-0.3, -0.25) is 4.79 Å². The van der Waals surface area contributed by atoms with Gasteiger partial charge in [0.25, 0.3) is 0 Å². The Morgan fingerprint density at radius 2 is 2.05 bits per heavy atom. The Hall–Kier alpha value is -1.87. The van der Waals surface area contributed by atoms with E-state index in [4.69, 9.17) is 11.6 Å². The lowest BCUT2D eigenvalue weighted by Gasteiger charge is -2.07. The lowest BCUT2D eigenvalue weighted by Crippen LogP contribution is -2.15. The molecule has 2 rings (SSSR count). The molecule has 2 heterocycles. The third-order valence-electron chi connectivity index (χ3n) is 2.25. The Morgan fingerprint density at radius 3 is 2.68 bits per heavy atom. The number of alkyl halides is 3. The molecule has 0 aliphatic heterocycles. The van der Waals surface area contributed by atoms with Gasteiger partial charge in [-0.15, -0.1) is 0 Å². The van der Waals surface area contributed by atoms with Crippen molar-refractivity contribution in [2.24, 2.45) is 0 Å². The van der Waals surface area contributed by atoms with E-state index in [0.717, 1.165) is 24.0 Å². The molecular weight excluding hydrogens is 341 g/mol. The minimum Gasteiger partial charge on any atom is -0.310 e. The highest BCUT2D eigenvalue weighted by Gasteiger charge is 2.32. The first-order valence-electron chi connectivity index (χ1n) is 5.79. The third-order valence-corrected chi connectivity index (χ3v) is 3.34. The highest BCUT2D eigenvalue weighted by atomic mass is 35.5. The van der Waals surface area contributed by atoms with Crippen LogP contribution in [0.1, 0.15) is 5.69 Å². The summed E-state index contributed by atoms with van der Waals surface area (Å²) in [5, 5.41) is 2.77. The van der Waals surface area contributed by atoms with Gasteiger partial charge in [0, 0.05) is 12.4 Å². The largest absolute Gasteiger partial charge is 0.433 e. The number of anilines is 1. The molecule has 0 aliphatic carbocycles. The molecule has 0 fully saturated rings. The average Bonchev–Trinajstić information content (AvgIpc) is 2.47. The van der Waals surface area contributed by atoms with E-state index in [1.165, 1.54) is 12.3 Å². The molecule has 5 nitrogen and oxygen atoms in total. The molecule has 10 heteroatoms. The van der Waals surface area contributed by atoms with E-state index in [-0.39, 0.29) is 10.9 Å². The number of hydrogen-bond acceptors (Lipinski definition) is 5. The van der Waals surface area contributed by atoms with Crippen LogP contribution in [0.25, 0.3) is 0 Å². The Morgan fingerprint density at radius 1 is 1.27 bits per heavy atom. The smallest absolute Gasteiger partial charge is 0.310 e. The number of nitrogens with one attached hydrogen (secondary N) is 1. The quantitative estimate of drug-likeness (QED) is 0.678. The fourth-order valence-electron chi connectivity index (χ4n) is 1.33. The van der Waals surface area contributed by atoms with Gasteiger partial charge in [-0.05, 0) is 18.2 Å². The van der Waals surface area contributed by atoms with E-state index in [9.17, 15) is 18.0 Å². The number of carbonyl (C=O) groups is 1. The van der Waals surface area contributed by atoms with Gasteiger partial charge in [0.05, 0.1) is 10.8 Å². The number of nitrogens with zero attached hydrogens (tertiary/aromatic N) is 3. The second-order valence-electron chi connectivity index (χ2n) is 3.92. The molecule has 0 spiro atoms. The Balaban J connectivity index is 1.92. The molecule has 0 aliphatic rings. The first-order chi connectivity index (χ1) is 10.3. The molecule has 0 aromatic carbocycles. The summed E-state index contributed by atoms with van der Waals surface area (Å²) in [6.45, 7) is 0. The maximum atomic E-state index is 12.5. The summed E-state index contributed by atoms with van der Waals surface area (Å²) in [5.74, 6) is -0.299. The van der Waals surface area contributed by atoms with E-state index in [2.05, 4.69) is 20.3 Å². The van der Waals surface area contributed by atoms with Gasteiger partial charge in [0.2, 0.25) is 5.91 Å². The van der Waals surface area contributed by atoms with Gasteiger partial charge in [-0.2, -0.15) is 13.2 Å². The summed E-state index contributed by atoms with van der Waals surface area (Å²) in [6.07, 6.45) is -2.19. The summed E-state index contributed by atoms with van der Waals surface area (Å²) in [6, 6.07) is 3.82. The molecule has 0 saturated heterocycles. The highest BCUT2D eigenvalue weighted by Crippen LogP contribution is 2.28. The molecule has 116 valence electrons. The van der Waals surface area contributed by atoms with Crippen LogP contribution in [-0.4, -0.2) is 26.6 Å². The van der Waals surface area contributed by atoms with Crippen LogP contribution in [0, 0.1) is 0 Å². The number of thioether (sulfide) groups is 1. The van der Waals surface area contributed by atoms with Crippen LogP contribution < -0.4 is 5.32 Å². The zero-order chi connectivity index (χ0) is 16.2. The molecule has 0 radical (unpaired) electrons. The number of pyridine rings is 1. The number of hydrogen-bond donors (Lipinski definition) is 1. The summed E-state index contributed by atoms with van der Waals surface area (Å²) in [5.41, 5.74) is -1.05. The topological polar surface area (TPSA) is 67.8 Å². The summed E-state index contributed by atoms with van der Waals surface area (Å²) in [7, 11) is 0. The van der Waals surface area contributed by atoms with Crippen molar-refractivity contribution in [1.82, 2.24) is 15.0 Å². The fraction of sp³-hybridized carbons (Fsp3) is 0.167. The third kappa shape index (κ3) is 4.85. The number of aromatic nitrogens is 3. The van der Waals surface area contributed by atoms with Crippen molar-refractivity contribution in [1.29, 1.82) is 0 Å². The molecule has 0 bridgehead atoms. The van der Waals surface area contributed by atoms with Gasteiger partial charge in [-0.1, -0.05) is 23.4 Å². The van der Waals surface area contributed by atoms with Gasteiger partial charge in [0.1, 0.15) is 11.5 Å². The van der Waals surface area contributed by atoms with Gasteiger partial charge < -0.3 is 5.32 Å². The Kier molecular flexibility index (Phi) is 5.19. The minimum atomic E-state index is -4.55. The van der Waals surface area contributed by atoms with Crippen LogP contribution in [0.3, 0.4) is 0 Å². The normalized spacial score (nSPS) is 11.3. The Labute approximate surface area is 132 Å². The maximum absolute atomic E-state index is 12.5. The van der Waals surface area contributed by atoms with Crippen molar-refractivity contribution < 1.29 is 18.0 Å². The number of carbonyl (C=O) groups excluding carboxylic acids is 1. The van der Waals surface area contributed by atoms with Crippen molar-refractivity contribution in [2.75, 3.05) is 11.1 Å². The lowest BCUT2D eigenvalue weighted by molar-refractivity contribution is -0.141. The van der Waals surface area contributed by atoms with Gasteiger partial charge >= 0.3 is 6.18 Å². The molecule has 1 N–H and O–H groups in total. The van der Waals surface area contributed by atoms with Crippen molar-refractivity contribution in [3.8, 4) is 0 Å². The minimum absolute atomic E-state index is 0.131. The molecule has 2 aromatic heterocycles. The number of amides is 1. The molecule has 0 saturated carbocycles. The molecule has 0 unspecified atom stereocenters. The summed E-state index contributed by atoms with van der Waals surface area (Å²) >= 11 is 6.45. The Bertz CT molecular complexity index is 666. The second kappa shape index (κ2) is 6.93. The van der Waals surface area contributed by atoms with E-state index in [0.29, 0.717) is 10.8 Å². The molecular formula is C12H8ClF3N4OS. The fourth-order valence-corrected chi connectivity index (χ4v) is 2.07. The van der Waals surface area contributed by atoms with Crippen LogP contribution in [-0.2, 0) is 11.0 Å². The zero-order valence-electron chi connectivity index (χ0n) is 10.8. The van der Waals surface area contributed by atoms with Crippen LogP contribution in [0.4, 0.5) is 19.0 Å². The standard InChI is InChI=1S/C12H8ClF3N4OS/c13-7-1-2-9(18-5-7)20-10(21)6-22-11-17-4-3-8(19-11)12(14,15)16/h1-5H,6H2,(H,18,20,21). The first-order valence-corrected chi connectivity index (χ1v) is 7.15. The number of rotatable bonds is 4. The van der Waals surface area contributed by atoms with Crippen molar-refractivity contribution in [3.63, 3.8) is 0 Å². The molecule has 22 heavy (non-hydrogen) atoms. The van der Waals surface area contributed by atoms with E-state index in [1.54, 1.807) is 6.07 Å². The first kappa shape index (κ1) is 16.5. The lowest BCUT2D eigenvalue weighted by atomic mass is 10.4. The molecule has 0 atom stereocenters. The van der Waals surface area contributed by atoms with Crippen LogP contribution in [0.15, 0.2) is 35.7 Å². The SMILES string of the molecule is O=C(CSc1nccc(C(F)(F)F)n1)Nc1ccc(Cl)cn1. The van der Waals surface area contributed by atoms with Gasteiger partial charge in [0.15, 0.2) is 5.16 Å². The van der Waals surface area contributed by atoms with E-state index in [1.807, 2.05) is 0 Å². The van der Waals surface area contributed by atoms with Crippen LogP contribution in [0.2, 0.25) is 5.02 Å². The van der Waals surface area contributed by atoms with Crippen molar-refractivity contribution in [3.05, 3.63) is 41.3 Å². The summed E-state index contributed by atoms with van der Waals surface area (Å²) < 4.78 is 37.5. The predicted molar refractivity (Wildman–Crippen MR) is 75.6 cm³/mol. The van der Waals surface area contributed by atoms with Crippen molar-refractivity contribution >= 4 is 35.1 Å². The van der Waals surface area contributed by atoms with Gasteiger partial charge in [-0.25, -0.2) is 15.0 Å². The molecule has 2 aromatic rings. The molecule has 1 amide bonds. The monoisotopic (exact) mass is 348 g/mol. The van der Waals surface area contributed by atoms with Crippen LogP contribution >= 0.6 is 23.4 Å². The number of halogens is 4. The van der Waals surface area contributed by atoms with Crippen LogP contribution in [0.5, 0.6) is 0 Å². The van der Waals surface area contributed by atoms with Crippen molar-refractivity contribution in [2.45, 2.75) is 11.3 Å². The van der Waals surface area contributed by atoms with E-state index < -0.39 is 17.8 Å². The average molecular weight is 349 g/mol.